The smallest absolute Gasteiger partial charge is 0.228 e. The molecule has 29 heavy (non-hydrogen) atoms. The summed E-state index contributed by atoms with van der Waals surface area (Å²) in [4.78, 5) is 17.5. The zero-order valence-corrected chi connectivity index (χ0v) is 17.2. The molecule has 4 N–H and O–H groups in total. The Bertz CT molecular complexity index is 813. The van der Waals surface area contributed by atoms with Crippen LogP contribution in [0.4, 0.5) is 22.0 Å². The number of nitrogens with zero attached hydrogens (tertiary/aromatic N) is 4. The van der Waals surface area contributed by atoms with Gasteiger partial charge >= 0.3 is 0 Å². The molecule has 2 fully saturated rings. The zero-order valence-electron chi connectivity index (χ0n) is 16.4. The topological polar surface area (TPSA) is 102 Å². The Morgan fingerprint density at radius 2 is 1.34 bits per heavy atom. The first-order chi connectivity index (χ1) is 14.1. The fourth-order valence-electron chi connectivity index (χ4n) is 4.11. The lowest BCUT2D eigenvalue weighted by Crippen LogP contribution is -2.26. The van der Waals surface area contributed by atoms with Gasteiger partial charge in [-0.25, -0.2) is 9.37 Å². The van der Waals surface area contributed by atoms with E-state index in [2.05, 4.69) is 30.6 Å². The first-order valence-corrected chi connectivity index (χ1v) is 10.9. The van der Waals surface area contributed by atoms with Crippen LogP contribution in [-0.2, 0) is 0 Å². The molecule has 7 nitrogen and oxygen atoms in total. The summed E-state index contributed by atoms with van der Waals surface area (Å²) in [6.45, 7) is 0. The first-order valence-electron chi connectivity index (χ1n) is 10.5. The Labute approximate surface area is 175 Å². The van der Waals surface area contributed by atoms with Crippen LogP contribution in [0.3, 0.4) is 0 Å². The van der Waals surface area contributed by atoms with E-state index in [1.807, 2.05) is 0 Å². The van der Waals surface area contributed by atoms with E-state index in [4.69, 9.17) is 17.3 Å². The summed E-state index contributed by atoms with van der Waals surface area (Å²) in [5.41, 5.74) is 5.73. The van der Waals surface area contributed by atoms with Crippen LogP contribution < -0.4 is 16.4 Å². The third kappa shape index (κ3) is 5.04. The lowest BCUT2D eigenvalue weighted by atomic mass is 9.96. The molecule has 9 heteroatoms. The minimum Gasteiger partial charge on any atom is -0.396 e. The molecular weight excluding hydrogens is 393 g/mol. The lowest BCUT2D eigenvalue weighted by molar-refractivity contribution is 0.458. The summed E-state index contributed by atoms with van der Waals surface area (Å²) in [5, 5.41) is 6.84. The Morgan fingerprint density at radius 3 is 1.86 bits per heavy atom. The first kappa shape index (κ1) is 20.1. The van der Waals surface area contributed by atoms with Crippen molar-refractivity contribution in [1.82, 2.24) is 19.9 Å². The number of hydrogen-bond acceptors (Lipinski definition) is 7. The number of anilines is 3. The predicted molar refractivity (Wildman–Crippen MR) is 113 cm³/mol. The molecule has 2 heterocycles. The van der Waals surface area contributed by atoms with Gasteiger partial charge in [0.25, 0.3) is 0 Å². The average molecular weight is 420 g/mol. The number of pyridine rings is 1. The molecule has 0 spiro atoms. The third-order valence-electron chi connectivity index (χ3n) is 5.68. The van der Waals surface area contributed by atoms with Crippen LogP contribution in [0.2, 0.25) is 5.15 Å². The Morgan fingerprint density at radius 1 is 0.828 bits per heavy atom. The second-order valence-electron chi connectivity index (χ2n) is 7.96. The molecule has 2 aromatic rings. The minimum absolute atomic E-state index is 0.0232. The van der Waals surface area contributed by atoms with Crippen LogP contribution in [0.25, 0.3) is 11.5 Å². The third-order valence-corrected chi connectivity index (χ3v) is 5.98. The second-order valence-corrected chi connectivity index (χ2v) is 8.32. The van der Waals surface area contributed by atoms with Gasteiger partial charge in [-0.15, -0.1) is 0 Å². The van der Waals surface area contributed by atoms with Crippen LogP contribution in [0.5, 0.6) is 0 Å². The van der Waals surface area contributed by atoms with Gasteiger partial charge in [-0.2, -0.15) is 15.0 Å². The van der Waals surface area contributed by atoms with Crippen LogP contribution in [0.1, 0.15) is 64.2 Å². The minimum atomic E-state index is -0.606. The number of aromatic nitrogens is 4. The number of halogens is 2. The molecule has 0 unspecified atom stereocenters. The standard InChI is InChI=1S/C20H27ClFN7/c21-17-15(23)11-14(22)16(26-17)18-27-19(24-12-7-3-1-4-8-12)29-20(28-18)25-13-9-5-2-6-10-13/h11-13H,1-10,23H2,(H2,24,25,27,28,29). The number of nitrogen functional groups attached to an aromatic ring is 1. The van der Waals surface area contributed by atoms with Crippen molar-refractivity contribution in [3.63, 3.8) is 0 Å². The predicted octanol–water partition coefficient (Wildman–Crippen LogP) is 4.80. The summed E-state index contributed by atoms with van der Waals surface area (Å²) >= 11 is 6.02. The van der Waals surface area contributed by atoms with E-state index in [1.165, 1.54) is 38.5 Å². The van der Waals surface area contributed by atoms with Gasteiger partial charge in [0.05, 0.1) is 5.69 Å². The van der Waals surface area contributed by atoms with Gasteiger partial charge in [-0.3, -0.25) is 0 Å². The molecule has 0 amide bonds. The summed E-state index contributed by atoms with van der Waals surface area (Å²) < 4.78 is 14.6. The van der Waals surface area contributed by atoms with Crippen molar-refractivity contribution in [2.75, 3.05) is 16.4 Å². The summed E-state index contributed by atoms with van der Waals surface area (Å²) in [7, 11) is 0. The van der Waals surface area contributed by atoms with E-state index in [0.29, 0.717) is 24.0 Å². The van der Waals surface area contributed by atoms with Gasteiger partial charge in [0.15, 0.2) is 16.8 Å². The summed E-state index contributed by atoms with van der Waals surface area (Å²) in [6.07, 6.45) is 11.6. The Kier molecular flexibility index (Phi) is 6.28. The summed E-state index contributed by atoms with van der Waals surface area (Å²) in [5.74, 6) is 0.421. The maximum Gasteiger partial charge on any atom is 0.228 e. The molecule has 4 rings (SSSR count). The molecule has 2 aromatic heterocycles. The fourth-order valence-corrected chi connectivity index (χ4v) is 4.25. The van der Waals surface area contributed by atoms with E-state index < -0.39 is 5.82 Å². The van der Waals surface area contributed by atoms with Crippen LogP contribution >= 0.6 is 11.6 Å². The van der Waals surface area contributed by atoms with Crippen molar-refractivity contribution < 1.29 is 4.39 Å². The molecule has 0 atom stereocenters. The molecular formula is C20H27ClFN7. The van der Waals surface area contributed by atoms with Crippen LogP contribution in [0.15, 0.2) is 6.07 Å². The Hall–Kier alpha value is -2.22. The van der Waals surface area contributed by atoms with Gasteiger partial charge in [-0.1, -0.05) is 50.1 Å². The maximum atomic E-state index is 14.6. The van der Waals surface area contributed by atoms with Gasteiger partial charge < -0.3 is 16.4 Å². The van der Waals surface area contributed by atoms with E-state index in [0.717, 1.165) is 31.7 Å². The largest absolute Gasteiger partial charge is 0.396 e. The molecule has 0 radical (unpaired) electrons. The number of hydrogen-bond donors (Lipinski definition) is 3. The highest BCUT2D eigenvalue weighted by molar-refractivity contribution is 6.31. The van der Waals surface area contributed by atoms with E-state index in [9.17, 15) is 4.39 Å². The molecule has 0 bridgehead atoms. The molecule has 2 aliphatic rings. The van der Waals surface area contributed by atoms with Crippen molar-refractivity contribution in [1.29, 1.82) is 0 Å². The van der Waals surface area contributed by atoms with Crippen molar-refractivity contribution in [2.45, 2.75) is 76.3 Å². The highest BCUT2D eigenvalue weighted by Gasteiger charge is 2.21. The van der Waals surface area contributed by atoms with Crippen molar-refractivity contribution in [3.05, 3.63) is 17.0 Å². The molecule has 2 aliphatic carbocycles. The van der Waals surface area contributed by atoms with E-state index in [1.54, 1.807) is 0 Å². The van der Waals surface area contributed by atoms with Crippen LogP contribution in [-0.4, -0.2) is 32.0 Å². The average Bonchev–Trinajstić information content (AvgIpc) is 2.72. The Balaban J connectivity index is 1.66. The van der Waals surface area contributed by atoms with Crippen molar-refractivity contribution in [2.24, 2.45) is 0 Å². The highest BCUT2D eigenvalue weighted by Crippen LogP contribution is 2.27. The SMILES string of the molecule is Nc1cc(F)c(-c2nc(NC3CCCCC3)nc(NC3CCCCC3)n2)nc1Cl. The number of nitrogens with two attached hydrogens (primary N) is 1. The monoisotopic (exact) mass is 419 g/mol. The zero-order chi connectivity index (χ0) is 20.2. The summed E-state index contributed by atoms with van der Waals surface area (Å²) in [6, 6.07) is 1.78. The normalized spacial score (nSPS) is 18.6. The number of nitrogens with one attached hydrogen (secondary N) is 2. The molecule has 0 saturated heterocycles. The second kappa shape index (κ2) is 9.07. The molecule has 0 aliphatic heterocycles. The fraction of sp³-hybridized carbons (Fsp3) is 0.600. The molecule has 2 saturated carbocycles. The van der Waals surface area contributed by atoms with Crippen LogP contribution in [0, 0.1) is 5.82 Å². The quantitative estimate of drug-likeness (QED) is 0.598. The van der Waals surface area contributed by atoms with Crippen molar-refractivity contribution in [3.8, 4) is 11.5 Å². The highest BCUT2D eigenvalue weighted by atomic mass is 35.5. The van der Waals surface area contributed by atoms with Gasteiger partial charge in [-0.05, 0) is 25.7 Å². The lowest BCUT2D eigenvalue weighted by Gasteiger charge is -2.24. The number of rotatable bonds is 5. The van der Waals surface area contributed by atoms with Gasteiger partial charge in [0.1, 0.15) is 5.69 Å². The van der Waals surface area contributed by atoms with Crippen molar-refractivity contribution >= 4 is 29.2 Å². The van der Waals surface area contributed by atoms with Gasteiger partial charge in [0, 0.05) is 18.2 Å². The molecule has 0 aromatic carbocycles. The van der Waals surface area contributed by atoms with Gasteiger partial charge in [0.2, 0.25) is 11.9 Å². The van der Waals surface area contributed by atoms with E-state index in [-0.39, 0.29) is 22.4 Å². The maximum absolute atomic E-state index is 14.6. The molecule has 156 valence electrons. The van der Waals surface area contributed by atoms with E-state index >= 15 is 0 Å².